The summed E-state index contributed by atoms with van der Waals surface area (Å²) in [7, 11) is 0. The molecule has 0 saturated heterocycles. The number of pyridine rings is 1. The molecule has 0 fully saturated rings. The molecular formula is C20H15Cl2N3O2. The summed E-state index contributed by atoms with van der Waals surface area (Å²) in [6.07, 6.45) is 0. The van der Waals surface area contributed by atoms with Crippen LogP contribution in [-0.4, -0.2) is 16.8 Å². The van der Waals surface area contributed by atoms with Crippen LogP contribution in [0, 0.1) is 6.92 Å². The van der Waals surface area contributed by atoms with Crippen LogP contribution in [0.25, 0.3) is 0 Å². The standard InChI is InChI=1S/C20H15Cl2N3O2/c1-12-5-4-8-18(23-12)25-20(27)15-11-13(9-10-17(15)22)24-19(26)14-6-2-3-7-16(14)21/h2-11H,1H3,(H,24,26)(H,23,25,27). The zero-order valence-electron chi connectivity index (χ0n) is 14.3. The Kier molecular flexibility index (Phi) is 5.74. The molecule has 0 bridgehead atoms. The van der Waals surface area contributed by atoms with Crippen molar-refractivity contribution >= 4 is 46.5 Å². The molecule has 0 radical (unpaired) electrons. The van der Waals surface area contributed by atoms with Crippen molar-refractivity contribution in [2.45, 2.75) is 6.92 Å². The molecule has 3 rings (SSSR count). The van der Waals surface area contributed by atoms with Gasteiger partial charge in [0.2, 0.25) is 0 Å². The zero-order valence-corrected chi connectivity index (χ0v) is 15.8. The van der Waals surface area contributed by atoms with Crippen LogP contribution in [0.3, 0.4) is 0 Å². The summed E-state index contributed by atoms with van der Waals surface area (Å²) in [6.45, 7) is 1.83. The quantitative estimate of drug-likeness (QED) is 0.632. The number of nitrogens with zero attached hydrogens (tertiary/aromatic N) is 1. The first-order chi connectivity index (χ1) is 12.9. The van der Waals surface area contributed by atoms with Crippen molar-refractivity contribution in [3.05, 3.63) is 87.5 Å². The van der Waals surface area contributed by atoms with E-state index in [0.29, 0.717) is 22.1 Å². The number of hydrogen-bond donors (Lipinski definition) is 2. The Hall–Kier alpha value is -2.89. The van der Waals surface area contributed by atoms with E-state index in [1.54, 1.807) is 48.5 Å². The third-order valence-electron chi connectivity index (χ3n) is 3.72. The molecule has 0 atom stereocenters. The third-order valence-corrected chi connectivity index (χ3v) is 4.38. The summed E-state index contributed by atoms with van der Waals surface area (Å²) in [4.78, 5) is 29.2. The van der Waals surface area contributed by atoms with Gasteiger partial charge < -0.3 is 10.6 Å². The molecule has 7 heteroatoms. The number of aromatic nitrogens is 1. The van der Waals surface area contributed by atoms with E-state index in [-0.39, 0.29) is 16.5 Å². The van der Waals surface area contributed by atoms with E-state index >= 15 is 0 Å². The molecule has 1 heterocycles. The van der Waals surface area contributed by atoms with Crippen molar-refractivity contribution in [1.82, 2.24) is 4.98 Å². The lowest BCUT2D eigenvalue weighted by atomic mass is 10.1. The number of aryl methyl sites for hydroxylation is 1. The van der Waals surface area contributed by atoms with Gasteiger partial charge in [-0.3, -0.25) is 9.59 Å². The number of anilines is 2. The van der Waals surface area contributed by atoms with Crippen LogP contribution in [0.1, 0.15) is 26.4 Å². The van der Waals surface area contributed by atoms with E-state index in [1.165, 1.54) is 6.07 Å². The highest BCUT2D eigenvalue weighted by molar-refractivity contribution is 6.35. The minimum Gasteiger partial charge on any atom is -0.322 e. The fourth-order valence-corrected chi connectivity index (χ4v) is 2.84. The highest BCUT2D eigenvalue weighted by atomic mass is 35.5. The Morgan fingerprint density at radius 3 is 2.26 bits per heavy atom. The first kappa shape index (κ1) is 18.9. The number of carbonyl (C=O) groups excluding carboxylic acids is 2. The van der Waals surface area contributed by atoms with Crippen molar-refractivity contribution < 1.29 is 9.59 Å². The van der Waals surface area contributed by atoms with Gasteiger partial charge in [0.1, 0.15) is 5.82 Å². The van der Waals surface area contributed by atoms with Gasteiger partial charge in [0.05, 0.1) is 21.2 Å². The minimum absolute atomic E-state index is 0.219. The predicted molar refractivity (Wildman–Crippen MR) is 108 cm³/mol. The van der Waals surface area contributed by atoms with Gasteiger partial charge in [-0.15, -0.1) is 0 Å². The number of rotatable bonds is 4. The van der Waals surface area contributed by atoms with Crippen molar-refractivity contribution in [3.63, 3.8) is 0 Å². The number of hydrogen-bond acceptors (Lipinski definition) is 3. The second kappa shape index (κ2) is 8.20. The van der Waals surface area contributed by atoms with E-state index in [2.05, 4.69) is 15.6 Å². The van der Waals surface area contributed by atoms with Crippen LogP contribution in [0.5, 0.6) is 0 Å². The van der Waals surface area contributed by atoms with E-state index in [4.69, 9.17) is 23.2 Å². The molecule has 27 heavy (non-hydrogen) atoms. The molecule has 0 saturated carbocycles. The summed E-state index contributed by atoms with van der Waals surface area (Å²) in [6, 6.07) is 16.7. The number of benzene rings is 2. The molecule has 2 amide bonds. The van der Waals surface area contributed by atoms with Gasteiger partial charge in [-0.2, -0.15) is 0 Å². The van der Waals surface area contributed by atoms with Crippen molar-refractivity contribution in [2.75, 3.05) is 10.6 Å². The molecule has 1 aromatic heterocycles. The molecule has 136 valence electrons. The zero-order chi connectivity index (χ0) is 19.4. The number of amides is 2. The normalized spacial score (nSPS) is 10.3. The number of carbonyl (C=O) groups is 2. The number of halogens is 2. The highest BCUT2D eigenvalue weighted by Gasteiger charge is 2.15. The molecule has 2 N–H and O–H groups in total. The van der Waals surface area contributed by atoms with Crippen LogP contribution in [0.4, 0.5) is 11.5 Å². The SMILES string of the molecule is Cc1cccc(NC(=O)c2cc(NC(=O)c3ccccc3Cl)ccc2Cl)n1. The predicted octanol–water partition coefficient (Wildman–Crippen LogP) is 5.20. The summed E-state index contributed by atoms with van der Waals surface area (Å²) in [5, 5.41) is 6.01. The van der Waals surface area contributed by atoms with E-state index in [9.17, 15) is 9.59 Å². The van der Waals surface area contributed by atoms with Crippen molar-refractivity contribution in [1.29, 1.82) is 0 Å². The summed E-state index contributed by atoms with van der Waals surface area (Å²) < 4.78 is 0. The molecule has 0 aliphatic rings. The molecule has 0 unspecified atom stereocenters. The Morgan fingerprint density at radius 2 is 1.52 bits per heavy atom. The van der Waals surface area contributed by atoms with Gasteiger partial charge in [0.15, 0.2) is 0 Å². The van der Waals surface area contributed by atoms with E-state index < -0.39 is 5.91 Å². The smallest absolute Gasteiger partial charge is 0.258 e. The van der Waals surface area contributed by atoms with Gasteiger partial charge >= 0.3 is 0 Å². The van der Waals surface area contributed by atoms with Gasteiger partial charge in [0.25, 0.3) is 11.8 Å². The van der Waals surface area contributed by atoms with Crippen molar-refractivity contribution in [2.24, 2.45) is 0 Å². The molecule has 0 aliphatic heterocycles. The second-order valence-corrected chi connectivity index (χ2v) is 6.56. The van der Waals surface area contributed by atoms with Crippen molar-refractivity contribution in [3.8, 4) is 0 Å². The third kappa shape index (κ3) is 4.64. The summed E-state index contributed by atoms with van der Waals surface area (Å²) in [5.41, 5.74) is 1.76. The maximum Gasteiger partial charge on any atom is 0.258 e. The Balaban J connectivity index is 1.81. The van der Waals surface area contributed by atoms with Crippen LogP contribution >= 0.6 is 23.2 Å². The summed E-state index contributed by atoms with van der Waals surface area (Å²) in [5.74, 6) is -0.386. The fraction of sp³-hybridized carbons (Fsp3) is 0.0500. The monoisotopic (exact) mass is 399 g/mol. The lowest BCUT2D eigenvalue weighted by Gasteiger charge is -2.10. The first-order valence-corrected chi connectivity index (χ1v) is 8.80. The van der Waals surface area contributed by atoms with Crippen LogP contribution < -0.4 is 10.6 Å². The average Bonchev–Trinajstić information content (AvgIpc) is 2.63. The van der Waals surface area contributed by atoms with Crippen LogP contribution in [0.15, 0.2) is 60.7 Å². The molecule has 0 spiro atoms. The van der Waals surface area contributed by atoms with E-state index in [0.717, 1.165) is 5.69 Å². The Bertz CT molecular complexity index is 1020. The Morgan fingerprint density at radius 1 is 0.815 bits per heavy atom. The maximum atomic E-state index is 12.5. The van der Waals surface area contributed by atoms with Gasteiger partial charge in [-0.25, -0.2) is 4.98 Å². The highest BCUT2D eigenvalue weighted by Crippen LogP contribution is 2.23. The minimum atomic E-state index is -0.424. The fourth-order valence-electron chi connectivity index (χ4n) is 2.42. The van der Waals surface area contributed by atoms with Gasteiger partial charge in [-0.1, -0.05) is 41.4 Å². The lowest BCUT2D eigenvalue weighted by molar-refractivity contribution is 0.101. The van der Waals surface area contributed by atoms with Crippen LogP contribution in [-0.2, 0) is 0 Å². The molecular weight excluding hydrogens is 385 g/mol. The lowest BCUT2D eigenvalue weighted by Crippen LogP contribution is -2.16. The largest absolute Gasteiger partial charge is 0.322 e. The molecule has 5 nitrogen and oxygen atoms in total. The maximum absolute atomic E-state index is 12.5. The summed E-state index contributed by atoms with van der Waals surface area (Å²) >= 11 is 12.2. The van der Waals surface area contributed by atoms with Gasteiger partial charge in [-0.05, 0) is 49.4 Å². The topological polar surface area (TPSA) is 71.1 Å². The second-order valence-electron chi connectivity index (χ2n) is 5.75. The first-order valence-electron chi connectivity index (χ1n) is 8.04. The number of nitrogens with one attached hydrogen (secondary N) is 2. The van der Waals surface area contributed by atoms with E-state index in [1.807, 2.05) is 13.0 Å². The Labute approximate surface area is 166 Å². The molecule has 0 aliphatic carbocycles. The van der Waals surface area contributed by atoms with Gasteiger partial charge in [0, 0.05) is 11.4 Å². The average molecular weight is 400 g/mol. The molecule has 2 aromatic carbocycles. The van der Waals surface area contributed by atoms with Crippen LogP contribution in [0.2, 0.25) is 10.0 Å². The molecule has 3 aromatic rings.